The first-order chi connectivity index (χ1) is 15.6. The van der Waals surface area contributed by atoms with Crippen LogP contribution in [0.2, 0.25) is 0 Å². The summed E-state index contributed by atoms with van der Waals surface area (Å²) >= 11 is 0. The van der Waals surface area contributed by atoms with Crippen LogP contribution in [-0.2, 0) is 18.0 Å². The van der Waals surface area contributed by atoms with E-state index in [0.717, 1.165) is 11.1 Å². The number of hydrogen-bond donors (Lipinski definition) is 1. The van der Waals surface area contributed by atoms with Crippen LogP contribution in [0.5, 0.6) is 11.5 Å². The van der Waals surface area contributed by atoms with Gasteiger partial charge in [-0.05, 0) is 35.6 Å². The SMILES string of the molecule is CCOC(=O)c1cc2cc(OCc3ccccc3)cc(OCc3ccccc3)c2c(=O)[nH]1. The summed E-state index contributed by atoms with van der Waals surface area (Å²) in [5.74, 6) is 0.324. The van der Waals surface area contributed by atoms with Gasteiger partial charge in [0.2, 0.25) is 0 Å². The molecule has 0 fully saturated rings. The summed E-state index contributed by atoms with van der Waals surface area (Å²) < 4.78 is 17.0. The summed E-state index contributed by atoms with van der Waals surface area (Å²) in [7, 11) is 0. The first kappa shape index (κ1) is 21.2. The molecule has 1 heterocycles. The van der Waals surface area contributed by atoms with Crippen LogP contribution in [0.15, 0.2) is 83.7 Å². The number of benzene rings is 3. The maximum Gasteiger partial charge on any atom is 0.354 e. The van der Waals surface area contributed by atoms with Crippen molar-refractivity contribution >= 4 is 16.7 Å². The number of nitrogens with one attached hydrogen (secondary N) is 1. The summed E-state index contributed by atoms with van der Waals surface area (Å²) in [6.45, 7) is 2.57. The fraction of sp³-hybridized carbons (Fsp3) is 0.154. The lowest BCUT2D eigenvalue weighted by Gasteiger charge is -2.13. The van der Waals surface area contributed by atoms with Crippen LogP contribution < -0.4 is 15.0 Å². The van der Waals surface area contributed by atoms with Gasteiger partial charge in [-0.2, -0.15) is 0 Å². The van der Waals surface area contributed by atoms with Gasteiger partial charge in [-0.1, -0.05) is 60.7 Å². The van der Waals surface area contributed by atoms with Gasteiger partial charge in [0.15, 0.2) is 0 Å². The third kappa shape index (κ3) is 4.98. The summed E-state index contributed by atoms with van der Waals surface area (Å²) in [6, 6.07) is 24.5. The second-order valence-corrected chi connectivity index (χ2v) is 7.17. The molecule has 1 aromatic heterocycles. The number of aromatic nitrogens is 1. The van der Waals surface area contributed by atoms with E-state index in [0.29, 0.717) is 28.9 Å². The number of carbonyl (C=O) groups excluding carboxylic acids is 1. The van der Waals surface area contributed by atoms with Crippen LogP contribution in [0, 0.1) is 0 Å². The fourth-order valence-electron chi connectivity index (χ4n) is 3.34. The molecule has 4 aromatic rings. The van der Waals surface area contributed by atoms with Gasteiger partial charge < -0.3 is 19.2 Å². The molecule has 0 spiro atoms. The molecule has 0 radical (unpaired) electrons. The minimum absolute atomic E-state index is 0.0820. The Bertz CT molecular complexity index is 1270. The van der Waals surface area contributed by atoms with Gasteiger partial charge in [-0.15, -0.1) is 0 Å². The number of pyridine rings is 1. The molecule has 0 aliphatic rings. The van der Waals surface area contributed by atoms with Crippen molar-refractivity contribution in [3.05, 3.63) is 106 Å². The molecule has 0 amide bonds. The number of hydrogen-bond acceptors (Lipinski definition) is 5. The Hall–Kier alpha value is -4.06. The Balaban J connectivity index is 1.71. The number of H-pyrrole nitrogens is 1. The highest BCUT2D eigenvalue weighted by Gasteiger charge is 2.16. The standard InChI is InChI=1S/C26H23NO5/c1-2-30-26(29)22-14-20-13-21(31-16-18-9-5-3-6-10-18)15-23(24(20)25(28)27-22)32-17-19-11-7-4-8-12-19/h3-15H,2,16-17H2,1H3,(H,27,28). The highest BCUT2D eigenvalue weighted by atomic mass is 16.5. The van der Waals surface area contributed by atoms with Crippen molar-refractivity contribution in [1.82, 2.24) is 4.98 Å². The Morgan fingerprint density at radius 2 is 1.47 bits per heavy atom. The fourth-order valence-corrected chi connectivity index (χ4v) is 3.34. The lowest BCUT2D eigenvalue weighted by molar-refractivity contribution is 0.0519. The van der Waals surface area contributed by atoms with Crippen LogP contribution >= 0.6 is 0 Å². The van der Waals surface area contributed by atoms with E-state index < -0.39 is 11.5 Å². The quantitative estimate of drug-likeness (QED) is 0.405. The number of ether oxygens (including phenoxy) is 3. The molecule has 6 heteroatoms. The second kappa shape index (κ2) is 9.83. The van der Waals surface area contributed by atoms with Crippen molar-refractivity contribution in [2.75, 3.05) is 6.61 Å². The number of rotatable bonds is 8. The van der Waals surface area contributed by atoms with E-state index in [-0.39, 0.29) is 18.9 Å². The van der Waals surface area contributed by atoms with Gasteiger partial charge in [0.25, 0.3) is 5.56 Å². The molecule has 1 N–H and O–H groups in total. The number of esters is 1. The normalized spacial score (nSPS) is 10.7. The van der Waals surface area contributed by atoms with Crippen molar-refractivity contribution in [1.29, 1.82) is 0 Å². The molecule has 0 unspecified atom stereocenters. The summed E-state index contributed by atoms with van der Waals surface area (Å²) in [6.07, 6.45) is 0. The zero-order chi connectivity index (χ0) is 22.3. The Kier molecular flexibility index (Phi) is 6.51. The van der Waals surface area contributed by atoms with Gasteiger partial charge in [0.1, 0.15) is 30.4 Å². The lowest BCUT2D eigenvalue weighted by Crippen LogP contribution is -2.16. The van der Waals surface area contributed by atoms with Gasteiger partial charge >= 0.3 is 5.97 Å². The molecule has 0 saturated heterocycles. The topological polar surface area (TPSA) is 77.6 Å². The monoisotopic (exact) mass is 429 g/mol. The van der Waals surface area contributed by atoms with Gasteiger partial charge in [0, 0.05) is 6.07 Å². The van der Waals surface area contributed by atoms with E-state index in [1.54, 1.807) is 25.1 Å². The van der Waals surface area contributed by atoms with Gasteiger partial charge in [0.05, 0.1) is 12.0 Å². The highest BCUT2D eigenvalue weighted by molar-refractivity contribution is 5.95. The lowest BCUT2D eigenvalue weighted by atomic mass is 10.1. The molecule has 162 valence electrons. The van der Waals surface area contributed by atoms with Crippen LogP contribution in [0.1, 0.15) is 28.5 Å². The van der Waals surface area contributed by atoms with Crippen molar-refractivity contribution in [3.63, 3.8) is 0 Å². The van der Waals surface area contributed by atoms with Crippen LogP contribution in [-0.4, -0.2) is 17.6 Å². The summed E-state index contributed by atoms with van der Waals surface area (Å²) in [5, 5.41) is 0.881. The van der Waals surface area contributed by atoms with Crippen molar-refractivity contribution < 1.29 is 19.0 Å². The van der Waals surface area contributed by atoms with E-state index in [1.165, 1.54) is 0 Å². The third-order valence-electron chi connectivity index (χ3n) is 4.86. The minimum Gasteiger partial charge on any atom is -0.489 e. The zero-order valence-electron chi connectivity index (χ0n) is 17.7. The zero-order valence-corrected chi connectivity index (χ0v) is 17.7. The molecule has 0 aliphatic carbocycles. The largest absolute Gasteiger partial charge is 0.489 e. The summed E-state index contributed by atoms with van der Waals surface area (Å²) in [4.78, 5) is 27.6. The molecular formula is C26H23NO5. The molecule has 32 heavy (non-hydrogen) atoms. The first-order valence-corrected chi connectivity index (χ1v) is 10.4. The molecule has 0 aliphatic heterocycles. The van der Waals surface area contributed by atoms with E-state index in [9.17, 15) is 9.59 Å². The maximum absolute atomic E-state index is 12.8. The smallest absolute Gasteiger partial charge is 0.354 e. The maximum atomic E-state index is 12.8. The Morgan fingerprint density at radius 3 is 2.09 bits per heavy atom. The van der Waals surface area contributed by atoms with Crippen LogP contribution in [0.25, 0.3) is 10.8 Å². The summed E-state index contributed by atoms with van der Waals surface area (Å²) in [5.41, 5.74) is 1.63. The van der Waals surface area contributed by atoms with Crippen molar-refractivity contribution in [2.45, 2.75) is 20.1 Å². The predicted octanol–water partition coefficient (Wildman–Crippen LogP) is 4.86. The molecule has 0 saturated carbocycles. The van der Waals surface area contributed by atoms with E-state index >= 15 is 0 Å². The first-order valence-electron chi connectivity index (χ1n) is 10.4. The van der Waals surface area contributed by atoms with E-state index in [1.807, 2.05) is 60.7 Å². The molecule has 4 rings (SSSR count). The Morgan fingerprint density at radius 1 is 0.844 bits per heavy atom. The number of carbonyl (C=O) groups is 1. The molecule has 3 aromatic carbocycles. The third-order valence-corrected chi connectivity index (χ3v) is 4.86. The minimum atomic E-state index is -0.589. The van der Waals surface area contributed by atoms with Gasteiger partial charge in [-0.25, -0.2) is 4.79 Å². The molecule has 0 bridgehead atoms. The van der Waals surface area contributed by atoms with Crippen molar-refractivity contribution in [2.24, 2.45) is 0 Å². The van der Waals surface area contributed by atoms with Crippen LogP contribution in [0.4, 0.5) is 0 Å². The van der Waals surface area contributed by atoms with Gasteiger partial charge in [-0.3, -0.25) is 4.79 Å². The number of fused-ring (bicyclic) bond motifs is 1. The highest BCUT2D eigenvalue weighted by Crippen LogP contribution is 2.30. The number of aromatic amines is 1. The van der Waals surface area contributed by atoms with Crippen LogP contribution in [0.3, 0.4) is 0 Å². The van der Waals surface area contributed by atoms with E-state index in [4.69, 9.17) is 14.2 Å². The second-order valence-electron chi connectivity index (χ2n) is 7.17. The molecular weight excluding hydrogens is 406 g/mol. The predicted molar refractivity (Wildman–Crippen MR) is 122 cm³/mol. The molecule has 6 nitrogen and oxygen atoms in total. The average molecular weight is 429 g/mol. The average Bonchev–Trinajstić information content (AvgIpc) is 2.82. The molecule has 0 atom stereocenters. The van der Waals surface area contributed by atoms with Crippen molar-refractivity contribution in [3.8, 4) is 11.5 Å². The Labute approximate surface area is 185 Å². The van der Waals surface area contributed by atoms with E-state index in [2.05, 4.69) is 4.98 Å².